The molecule has 18 heavy (non-hydrogen) atoms. The van der Waals surface area contributed by atoms with E-state index in [4.69, 9.17) is 23.2 Å². The van der Waals surface area contributed by atoms with Crippen LogP contribution in [-0.4, -0.2) is 9.97 Å². The second kappa shape index (κ2) is 5.55. The molecule has 1 aromatic carbocycles. The average molecular weight is 377 g/mol. The highest BCUT2D eigenvalue weighted by molar-refractivity contribution is 14.1. The maximum absolute atomic E-state index is 6.11. The number of benzene rings is 1. The van der Waals surface area contributed by atoms with Crippen molar-refractivity contribution in [1.29, 1.82) is 0 Å². The van der Waals surface area contributed by atoms with Crippen molar-refractivity contribution >= 4 is 57.5 Å². The highest BCUT2D eigenvalue weighted by Crippen LogP contribution is 2.27. The van der Waals surface area contributed by atoms with Crippen LogP contribution >= 0.6 is 34.2 Å². The molecule has 6 N–H and O–H groups in total. The number of nitrogens with zero attached hydrogens (tertiary/aromatic N) is 2. The monoisotopic (exact) mass is 376 g/mol. The number of nitrogen functional groups attached to an aromatic ring is 2. The van der Waals surface area contributed by atoms with E-state index in [9.17, 15) is 0 Å². The molecular weight excluding hydrogens is 367 g/mol. The summed E-state index contributed by atoms with van der Waals surface area (Å²) >= 11 is 8.30. The van der Waals surface area contributed by atoms with E-state index in [1.54, 1.807) is 6.07 Å². The molecule has 2 rings (SSSR count). The molecule has 1 heterocycles. The maximum atomic E-state index is 6.11. The lowest BCUT2D eigenvalue weighted by atomic mass is 10.3. The summed E-state index contributed by atoms with van der Waals surface area (Å²) in [5, 5.41) is 3.65. The predicted octanol–water partition coefficient (Wildman–Crippen LogP) is 2.35. The van der Waals surface area contributed by atoms with Crippen LogP contribution in [0.5, 0.6) is 0 Å². The van der Waals surface area contributed by atoms with Crippen LogP contribution in [-0.2, 0) is 0 Å². The fourth-order valence-electron chi connectivity index (χ4n) is 1.33. The van der Waals surface area contributed by atoms with Gasteiger partial charge < -0.3 is 16.5 Å². The first-order valence-electron chi connectivity index (χ1n) is 4.92. The van der Waals surface area contributed by atoms with E-state index in [0.717, 1.165) is 9.26 Å². The predicted molar refractivity (Wildman–Crippen MR) is 81.7 cm³/mol. The Bertz CT molecular complexity index is 576. The Morgan fingerprint density at radius 3 is 2.56 bits per heavy atom. The smallest absolute Gasteiger partial charge is 0.223 e. The van der Waals surface area contributed by atoms with Crippen LogP contribution in [0.15, 0.2) is 24.3 Å². The van der Waals surface area contributed by atoms with Gasteiger partial charge in [0.25, 0.3) is 0 Å². The maximum Gasteiger partial charge on any atom is 0.223 e. The van der Waals surface area contributed by atoms with Crippen molar-refractivity contribution < 1.29 is 0 Å². The second-order valence-electron chi connectivity index (χ2n) is 3.39. The second-order valence-corrected chi connectivity index (χ2v) is 5.04. The van der Waals surface area contributed by atoms with Gasteiger partial charge in [-0.2, -0.15) is 9.97 Å². The Kier molecular flexibility index (Phi) is 4.04. The topological polar surface area (TPSA) is 102 Å². The molecule has 94 valence electrons. The summed E-state index contributed by atoms with van der Waals surface area (Å²) in [4.78, 5) is 7.93. The van der Waals surface area contributed by atoms with Crippen LogP contribution in [0.2, 0.25) is 5.02 Å². The summed E-state index contributed by atoms with van der Waals surface area (Å²) in [5.41, 5.74) is 8.71. The van der Waals surface area contributed by atoms with Crippen molar-refractivity contribution in [1.82, 2.24) is 9.97 Å². The Hall–Kier alpha value is -1.32. The molecule has 0 aliphatic carbocycles. The van der Waals surface area contributed by atoms with Gasteiger partial charge in [-0.1, -0.05) is 11.6 Å². The number of hydrogen-bond donors (Lipinski definition) is 4. The van der Waals surface area contributed by atoms with Crippen molar-refractivity contribution in [2.75, 3.05) is 16.5 Å². The zero-order valence-corrected chi connectivity index (χ0v) is 12.0. The summed E-state index contributed by atoms with van der Waals surface area (Å²) in [6.07, 6.45) is 0. The number of hydrazine groups is 1. The lowest BCUT2D eigenvalue weighted by Gasteiger charge is -2.09. The minimum atomic E-state index is 0.120. The van der Waals surface area contributed by atoms with Gasteiger partial charge in [0.1, 0.15) is 11.6 Å². The minimum absolute atomic E-state index is 0.120. The fourth-order valence-corrected chi connectivity index (χ4v) is 2.24. The van der Waals surface area contributed by atoms with Crippen LogP contribution in [0.1, 0.15) is 0 Å². The normalized spacial score (nSPS) is 10.2. The van der Waals surface area contributed by atoms with E-state index in [-0.39, 0.29) is 5.95 Å². The summed E-state index contributed by atoms with van der Waals surface area (Å²) in [6.45, 7) is 0. The zero-order chi connectivity index (χ0) is 13.1. The van der Waals surface area contributed by atoms with Gasteiger partial charge in [0, 0.05) is 9.64 Å². The molecule has 0 unspecified atom stereocenters. The minimum Gasteiger partial charge on any atom is -0.368 e. The average Bonchev–Trinajstić information content (AvgIpc) is 2.32. The Morgan fingerprint density at radius 2 is 1.89 bits per heavy atom. The van der Waals surface area contributed by atoms with Gasteiger partial charge in [0.15, 0.2) is 0 Å². The third-order valence-corrected chi connectivity index (χ3v) is 3.07. The largest absolute Gasteiger partial charge is 0.368 e. The first-order chi connectivity index (χ1) is 8.58. The molecule has 0 bridgehead atoms. The molecule has 6 nitrogen and oxygen atoms in total. The number of rotatable bonds is 3. The first kappa shape index (κ1) is 13.1. The molecule has 0 aliphatic rings. The van der Waals surface area contributed by atoms with Gasteiger partial charge >= 0.3 is 0 Å². The van der Waals surface area contributed by atoms with E-state index in [1.165, 1.54) is 0 Å². The van der Waals surface area contributed by atoms with Crippen LogP contribution in [0.4, 0.5) is 23.3 Å². The van der Waals surface area contributed by atoms with Crippen molar-refractivity contribution in [2.45, 2.75) is 0 Å². The number of nitrogens with one attached hydrogen (secondary N) is 2. The van der Waals surface area contributed by atoms with Crippen LogP contribution in [0.3, 0.4) is 0 Å². The van der Waals surface area contributed by atoms with Crippen molar-refractivity contribution in [3.63, 3.8) is 0 Å². The molecule has 2 aromatic rings. The summed E-state index contributed by atoms with van der Waals surface area (Å²) in [5.74, 6) is 6.34. The van der Waals surface area contributed by atoms with E-state index < -0.39 is 0 Å². The molecule has 0 saturated heterocycles. The lowest BCUT2D eigenvalue weighted by molar-refractivity contribution is 1.15. The van der Waals surface area contributed by atoms with Crippen LogP contribution in [0, 0.1) is 3.57 Å². The molecule has 0 spiro atoms. The number of halogens is 2. The summed E-state index contributed by atoms with van der Waals surface area (Å²) in [7, 11) is 0. The Labute approximate surface area is 122 Å². The molecule has 0 fully saturated rings. The lowest BCUT2D eigenvalue weighted by Crippen LogP contribution is -2.11. The van der Waals surface area contributed by atoms with E-state index in [1.807, 2.05) is 18.2 Å². The van der Waals surface area contributed by atoms with Gasteiger partial charge in [-0.05, 0) is 40.8 Å². The quantitative estimate of drug-likeness (QED) is 0.373. The Balaban J connectivity index is 2.30. The molecule has 8 heteroatoms. The first-order valence-corrected chi connectivity index (χ1v) is 6.37. The van der Waals surface area contributed by atoms with E-state index >= 15 is 0 Å². The zero-order valence-electron chi connectivity index (χ0n) is 9.11. The molecule has 0 amide bonds. The van der Waals surface area contributed by atoms with Gasteiger partial charge in [-0.25, -0.2) is 5.84 Å². The van der Waals surface area contributed by atoms with Crippen molar-refractivity contribution in [3.05, 3.63) is 32.9 Å². The van der Waals surface area contributed by atoms with Crippen molar-refractivity contribution in [2.24, 2.45) is 5.84 Å². The molecule has 0 saturated carbocycles. The summed E-state index contributed by atoms with van der Waals surface area (Å²) < 4.78 is 1.05. The number of aromatic nitrogens is 2. The number of hydrogen-bond acceptors (Lipinski definition) is 6. The molecule has 0 radical (unpaired) electrons. The van der Waals surface area contributed by atoms with E-state index in [2.05, 4.69) is 43.3 Å². The molecular formula is C10H10ClIN6. The summed E-state index contributed by atoms with van der Waals surface area (Å²) in [6, 6.07) is 7.26. The van der Waals surface area contributed by atoms with Crippen LogP contribution < -0.4 is 22.3 Å². The van der Waals surface area contributed by atoms with Gasteiger partial charge in [0.05, 0.1) is 10.7 Å². The fraction of sp³-hybridized carbons (Fsp3) is 0. The number of anilines is 4. The van der Waals surface area contributed by atoms with Gasteiger partial charge in [-0.15, -0.1) is 0 Å². The Morgan fingerprint density at radius 1 is 1.17 bits per heavy atom. The molecule has 0 atom stereocenters. The highest BCUT2D eigenvalue weighted by atomic mass is 127. The standard InChI is InChI=1S/C10H10ClIN6/c11-6-3-5(12)1-2-7(6)15-8-4-9(18-14)17-10(13)16-8/h1-4H,14H2,(H4,13,15,16,17,18). The highest BCUT2D eigenvalue weighted by Gasteiger charge is 2.05. The van der Waals surface area contributed by atoms with Gasteiger partial charge in [0.2, 0.25) is 5.95 Å². The SMILES string of the molecule is NNc1cc(Nc2ccc(I)cc2Cl)nc(N)n1. The third kappa shape index (κ3) is 3.12. The molecule has 0 aliphatic heterocycles. The third-order valence-electron chi connectivity index (χ3n) is 2.09. The van der Waals surface area contributed by atoms with Crippen LogP contribution in [0.25, 0.3) is 0 Å². The number of nitrogens with two attached hydrogens (primary N) is 2. The molecule has 1 aromatic heterocycles. The van der Waals surface area contributed by atoms with Gasteiger partial charge in [-0.3, -0.25) is 0 Å². The van der Waals surface area contributed by atoms with E-state index in [0.29, 0.717) is 16.7 Å². The van der Waals surface area contributed by atoms with Crippen molar-refractivity contribution in [3.8, 4) is 0 Å².